The van der Waals surface area contributed by atoms with Crippen LogP contribution >= 0.6 is 0 Å². The summed E-state index contributed by atoms with van der Waals surface area (Å²) in [7, 11) is 4.03. The first-order chi connectivity index (χ1) is 9.74. The molecule has 4 heteroatoms. The van der Waals surface area contributed by atoms with E-state index < -0.39 is 0 Å². The fourth-order valence-electron chi connectivity index (χ4n) is 2.22. The Morgan fingerprint density at radius 3 is 2.85 bits per heavy atom. The largest absolute Gasteiger partial charge is 0.459 e. The highest BCUT2D eigenvalue weighted by Crippen LogP contribution is 2.24. The third-order valence-corrected chi connectivity index (χ3v) is 3.21. The van der Waals surface area contributed by atoms with Crippen molar-refractivity contribution in [2.75, 3.05) is 24.3 Å². The summed E-state index contributed by atoms with van der Waals surface area (Å²) in [6.07, 6.45) is 3.62. The first-order valence-electron chi connectivity index (χ1n) is 6.57. The van der Waals surface area contributed by atoms with E-state index in [1.165, 1.54) is 0 Å². The van der Waals surface area contributed by atoms with Gasteiger partial charge in [0.25, 0.3) is 0 Å². The Morgan fingerprint density at radius 2 is 2.05 bits per heavy atom. The average molecular weight is 267 g/mol. The molecule has 0 aliphatic carbocycles. The van der Waals surface area contributed by atoms with E-state index in [1.54, 1.807) is 6.20 Å². The lowest BCUT2D eigenvalue weighted by Crippen LogP contribution is -2.12. The van der Waals surface area contributed by atoms with Crippen molar-refractivity contribution in [2.24, 2.45) is 0 Å². The molecule has 0 aliphatic heterocycles. The van der Waals surface area contributed by atoms with Crippen molar-refractivity contribution in [3.05, 3.63) is 54.6 Å². The minimum Gasteiger partial charge on any atom is -0.459 e. The summed E-state index contributed by atoms with van der Waals surface area (Å²) in [6.45, 7) is 0.640. The summed E-state index contributed by atoms with van der Waals surface area (Å²) >= 11 is 0. The van der Waals surface area contributed by atoms with E-state index in [4.69, 9.17) is 4.42 Å². The molecule has 2 heterocycles. The van der Waals surface area contributed by atoms with E-state index in [0.717, 1.165) is 28.1 Å². The fraction of sp³-hybridized carbons (Fsp3) is 0.188. The van der Waals surface area contributed by atoms with E-state index in [1.807, 2.05) is 44.6 Å². The lowest BCUT2D eigenvalue weighted by atomic mass is 10.2. The molecule has 2 aromatic heterocycles. The van der Waals surface area contributed by atoms with Gasteiger partial charge < -0.3 is 14.6 Å². The zero-order valence-corrected chi connectivity index (χ0v) is 11.6. The van der Waals surface area contributed by atoms with Crippen molar-refractivity contribution in [2.45, 2.75) is 6.54 Å². The standard InChI is InChI=1S/C16H17N3O/c1-19(2)15-7-8-17-11-14(15)18-10-13-9-12-5-3-4-6-16(12)20-13/h3-9,11,18H,10H2,1-2H3. The first kappa shape index (κ1) is 12.5. The van der Waals surface area contributed by atoms with Crippen LogP contribution in [0.15, 0.2) is 53.2 Å². The van der Waals surface area contributed by atoms with Gasteiger partial charge in [0.05, 0.1) is 24.1 Å². The van der Waals surface area contributed by atoms with Gasteiger partial charge in [-0.15, -0.1) is 0 Å². The molecule has 3 rings (SSSR count). The maximum atomic E-state index is 5.79. The lowest BCUT2D eigenvalue weighted by molar-refractivity contribution is 0.559. The Labute approximate surface area is 118 Å². The monoisotopic (exact) mass is 267 g/mol. The predicted molar refractivity (Wildman–Crippen MR) is 82.1 cm³/mol. The Hall–Kier alpha value is -2.49. The minimum absolute atomic E-state index is 0.640. The fourth-order valence-corrected chi connectivity index (χ4v) is 2.22. The zero-order chi connectivity index (χ0) is 13.9. The molecule has 0 saturated heterocycles. The third-order valence-electron chi connectivity index (χ3n) is 3.21. The molecule has 1 N–H and O–H groups in total. The molecule has 0 aliphatic rings. The smallest absolute Gasteiger partial charge is 0.134 e. The van der Waals surface area contributed by atoms with Crippen molar-refractivity contribution in [3.63, 3.8) is 0 Å². The molecule has 0 bridgehead atoms. The van der Waals surface area contributed by atoms with Crippen molar-refractivity contribution in [3.8, 4) is 0 Å². The summed E-state index contributed by atoms with van der Waals surface area (Å²) in [4.78, 5) is 6.22. The van der Waals surface area contributed by atoms with E-state index in [-0.39, 0.29) is 0 Å². The van der Waals surface area contributed by atoms with Gasteiger partial charge in [0.1, 0.15) is 11.3 Å². The average Bonchev–Trinajstić information content (AvgIpc) is 2.88. The lowest BCUT2D eigenvalue weighted by Gasteiger charge is -2.17. The Kier molecular flexibility index (Phi) is 3.29. The normalized spacial score (nSPS) is 10.7. The summed E-state index contributed by atoms with van der Waals surface area (Å²) in [5.41, 5.74) is 3.03. The van der Waals surface area contributed by atoms with Crippen LogP contribution in [0, 0.1) is 0 Å². The molecular weight excluding hydrogens is 250 g/mol. The number of benzene rings is 1. The molecule has 0 atom stereocenters. The topological polar surface area (TPSA) is 41.3 Å². The van der Waals surface area contributed by atoms with Gasteiger partial charge in [-0.3, -0.25) is 4.98 Å². The summed E-state index contributed by atoms with van der Waals surface area (Å²) < 4.78 is 5.79. The minimum atomic E-state index is 0.640. The Morgan fingerprint density at radius 1 is 1.20 bits per heavy atom. The number of aromatic nitrogens is 1. The number of furan rings is 1. The molecule has 0 unspecified atom stereocenters. The van der Waals surface area contributed by atoms with Gasteiger partial charge in [0.15, 0.2) is 0 Å². The van der Waals surface area contributed by atoms with Crippen molar-refractivity contribution < 1.29 is 4.42 Å². The number of para-hydroxylation sites is 1. The van der Waals surface area contributed by atoms with E-state index >= 15 is 0 Å². The van der Waals surface area contributed by atoms with Gasteiger partial charge in [0.2, 0.25) is 0 Å². The van der Waals surface area contributed by atoms with Crippen LogP contribution in [0.4, 0.5) is 11.4 Å². The zero-order valence-electron chi connectivity index (χ0n) is 11.6. The third kappa shape index (κ3) is 2.45. The molecule has 0 saturated carbocycles. The van der Waals surface area contributed by atoms with Gasteiger partial charge in [-0.25, -0.2) is 0 Å². The second kappa shape index (κ2) is 5.25. The van der Waals surface area contributed by atoms with Gasteiger partial charge in [-0.05, 0) is 18.2 Å². The maximum Gasteiger partial charge on any atom is 0.134 e. The molecule has 102 valence electrons. The van der Waals surface area contributed by atoms with Gasteiger partial charge >= 0.3 is 0 Å². The highest BCUT2D eigenvalue weighted by Gasteiger charge is 2.06. The molecule has 1 aromatic carbocycles. The van der Waals surface area contributed by atoms with Crippen LogP contribution in [-0.2, 0) is 6.54 Å². The first-order valence-corrected chi connectivity index (χ1v) is 6.57. The molecule has 0 amide bonds. The second-order valence-corrected chi connectivity index (χ2v) is 4.89. The van der Waals surface area contributed by atoms with Crippen molar-refractivity contribution >= 4 is 22.3 Å². The predicted octanol–water partition coefficient (Wildman–Crippen LogP) is 3.51. The highest BCUT2D eigenvalue weighted by molar-refractivity contribution is 5.77. The number of fused-ring (bicyclic) bond motifs is 1. The number of rotatable bonds is 4. The van der Waals surface area contributed by atoms with Crippen molar-refractivity contribution in [1.29, 1.82) is 0 Å². The summed E-state index contributed by atoms with van der Waals surface area (Å²) in [5.74, 6) is 0.916. The number of hydrogen-bond donors (Lipinski definition) is 1. The molecular formula is C16H17N3O. The van der Waals surface area contributed by atoms with Crippen LogP contribution < -0.4 is 10.2 Å². The summed E-state index contributed by atoms with van der Waals surface area (Å²) in [6, 6.07) is 12.1. The van der Waals surface area contributed by atoms with Crippen LogP contribution in [0.1, 0.15) is 5.76 Å². The Bertz CT molecular complexity index is 685. The van der Waals surface area contributed by atoms with Crippen LogP contribution in [-0.4, -0.2) is 19.1 Å². The van der Waals surface area contributed by atoms with Crippen LogP contribution in [0.2, 0.25) is 0 Å². The van der Waals surface area contributed by atoms with Gasteiger partial charge in [-0.2, -0.15) is 0 Å². The number of hydrogen-bond acceptors (Lipinski definition) is 4. The number of nitrogens with zero attached hydrogens (tertiary/aromatic N) is 2. The SMILES string of the molecule is CN(C)c1ccncc1NCc1cc2ccccc2o1. The van der Waals surface area contributed by atoms with E-state index in [2.05, 4.69) is 27.3 Å². The maximum absolute atomic E-state index is 5.79. The van der Waals surface area contributed by atoms with E-state index in [9.17, 15) is 0 Å². The number of pyridine rings is 1. The Balaban J connectivity index is 1.79. The molecule has 0 fully saturated rings. The molecule has 4 nitrogen and oxygen atoms in total. The van der Waals surface area contributed by atoms with Crippen LogP contribution in [0.3, 0.4) is 0 Å². The molecule has 3 aromatic rings. The molecule has 0 spiro atoms. The van der Waals surface area contributed by atoms with Crippen LogP contribution in [0.5, 0.6) is 0 Å². The van der Waals surface area contributed by atoms with Gasteiger partial charge in [0, 0.05) is 25.7 Å². The van der Waals surface area contributed by atoms with Crippen LogP contribution in [0.25, 0.3) is 11.0 Å². The molecule has 20 heavy (non-hydrogen) atoms. The quantitative estimate of drug-likeness (QED) is 0.785. The number of anilines is 2. The highest BCUT2D eigenvalue weighted by atomic mass is 16.3. The van der Waals surface area contributed by atoms with Gasteiger partial charge in [-0.1, -0.05) is 18.2 Å². The second-order valence-electron chi connectivity index (χ2n) is 4.89. The van der Waals surface area contributed by atoms with Crippen molar-refractivity contribution in [1.82, 2.24) is 4.98 Å². The number of nitrogens with one attached hydrogen (secondary N) is 1. The molecule has 0 radical (unpaired) electrons. The summed E-state index contributed by atoms with van der Waals surface area (Å²) in [5, 5.41) is 4.50. The van der Waals surface area contributed by atoms with E-state index in [0.29, 0.717) is 6.54 Å².